The number of hydrogen-bond acceptors (Lipinski definition) is 19. The molecule has 27 heteroatoms. The summed E-state index contributed by atoms with van der Waals surface area (Å²) in [6.07, 6.45) is 33.2. The minimum absolute atomic E-state index is 0.230. The molecule has 17 aromatic rings. The van der Waals surface area contributed by atoms with Crippen LogP contribution in [0.15, 0.2) is 274 Å². The Morgan fingerprint density at radius 1 is 0.281 bits per heavy atom. The minimum Gasteiger partial charge on any atom is -0.486 e. The van der Waals surface area contributed by atoms with E-state index in [2.05, 4.69) is 155 Å². The number of H-pyrrole nitrogens is 4. The maximum atomic E-state index is 13.3. The van der Waals surface area contributed by atoms with Crippen LogP contribution in [0.3, 0.4) is 0 Å². The fourth-order valence-electron chi connectivity index (χ4n) is 18.3. The van der Waals surface area contributed by atoms with Crippen LogP contribution in [0.1, 0.15) is 152 Å². The van der Waals surface area contributed by atoms with Gasteiger partial charge < -0.3 is 30.7 Å². The molecule has 0 atom stereocenters. The topological polar surface area (TPSA) is 327 Å². The van der Waals surface area contributed by atoms with E-state index in [1.54, 1.807) is 36.5 Å². The SMILES string of the molecule is O=C(Nc1ccc2c(c1)OCCO2)c1n[nH]c2ccc(-c3cncc(CN4CCCCC4)c3)cc12.O=C(Nc1cccc(Cc2ccccc2)c1)c1n[nH]c2ccc(-c3cncc(CN4CCCCC4)c3)cc12.O=C(Nc1ccccc1)c1n[nH]c2ccc(-c3cncc(CN4CCCCC4)c3)cc12.O=C(Nc1ccccn1)c1n[nH]c2ccc(-c3cncc(CN4CCCCC4)c3)cc12. The van der Waals surface area contributed by atoms with Crippen molar-refractivity contribution in [3.05, 3.63) is 330 Å². The number of anilines is 4. The number of amides is 4. The van der Waals surface area contributed by atoms with Crippen LogP contribution in [0, 0.1) is 0 Å². The van der Waals surface area contributed by atoms with E-state index >= 15 is 0 Å². The van der Waals surface area contributed by atoms with E-state index in [9.17, 15) is 19.2 Å². The second-order valence-electron chi connectivity index (χ2n) is 35.1. The summed E-state index contributed by atoms with van der Waals surface area (Å²) < 4.78 is 11.2. The molecule has 8 aromatic carbocycles. The van der Waals surface area contributed by atoms with Gasteiger partial charge in [-0.15, -0.1) is 0 Å². The first kappa shape index (κ1) is 89.0. The third kappa shape index (κ3) is 22.7. The summed E-state index contributed by atoms with van der Waals surface area (Å²) >= 11 is 0. The summed E-state index contributed by atoms with van der Waals surface area (Å²) in [7, 11) is 0. The van der Waals surface area contributed by atoms with Crippen LogP contribution < -0.4 is 30.7 Å². The summed E-state index contributed by atoms with van der Waals surface area (Å²) in [4.78, 5) is 84.0. The Morgan fingerprint density at radius 2 is 0.622 bits per heavy atom. The minimum atomic E-state index is -0.293. The number of fused-ring (bicyclic) bond motifs is 5. The zero-order chi connectivity index (χ0) is 91.4. The van der Waals surface area contributed by atoms with Gasteiger partial charge in [-0.1, -0.05) is 117 Å². The molecular formula is C108H107N21O6. The summed E-state index contributed by atoms with van der Waals surface area (Å²) in [6.45, 7) is 13.9. The molecular weight excluding hydrogens is 1690 g/mol. The number of carbonyl (C=O) groups is 4. The second kappa shape index (κ2) is 42.9. The molecule has 0 saturated carbocycles. The lowest BCUT2D eigenvalue weighted by Gasteiger charge is -2.26. The lowest BCUT2D eigenvalue weighted by atomic mass is 10.0. The van der Waals surface area contributed by atoms with E-state index in [-0.39, 0.29) is 23.6 Å². The number of hydrogen-bond donors (Lipinski definition) is 8. The first-order chi connectivity index (χ1) is 66.5. The number of benzene rings is 8. The number of ether oxygens (including phenoxy) is 2. The Bertz CT molecular complexity index is 6790. The Kier molecular flexibility index (Phi) is 28.3. The molecule has 27 nitrogen and oxygen atoms in total. The number of nitrogens with zero attached hydrogens (tertiary/aromatic N) is 13. The van der Waals surface area contributed by atoms with Gasteiger partial charge >= 0.3 is 0 Å². The van der Waals surface area contributed by atoms with Crippen molar-refractivity contribution in [3.63, 3.8) is 0 Å². The van der Waals surface area contributed by atoms with Gasteiger partial charge in [-0.2, -0.15) is 20.4 Å². The number of carbonyl (C=O) groups excluding carboxylic acids is 4. The number of pyridine rings is 5. The monoisotopic (exact) mass is 1790 g/mol. The van der Waals surface area contributed by atoms with Gasteiger partial charge in [0.15, 0.2) is 34.3 Å². The molecule has 8 N–H and O–H groups in total. The van der Waals surface area contributed by atoms with Gasteiger partial charge in [0.1, 0.15) is 19.0 Å². The van der Waals surface area contributed by atoms with Crippen molar-refractivity contribution in [1.29, 1.82) is 0 Å². The normalized spacial score (nSPS) is 14.7. The quantitative estimate of drug-likeness (QED) is 0.0312. The van der Waals surface area contributed by atoms with E-state index in [0.717, 1.165) is 190 Å². The van der Waals surface area contributed by atoms with Crippen LogP contribution in [0.5, 0.6) is 11.5 Å². The highest BCUT2D eigenvalue weighted by molar-refractivity contribution is 6.14. The Hall–Kier alpha value is -15.3. The van der Waals surface area contributed by atoms with Gasteiger partial charge in [-0.25, -0.2) is 4.98 Å². The smallest absolute Gasteiger partial charge is 0.277 e. The number of aromatic amines is 4. The van der Waals surface area contributed by atoms with Crippen molar-refractivity contribution in [3.8, 4) is 56.0 Å². The maximum absolute atomic E-state index is 13.3. The third-order valence-corrected chi connectivity index (χ3v) is 25.2. The highest BCUT2D eigenvalue weighted by atomic mass is 16.6. The van der Waals surface area contributed by atoms with Crippen LogP contribution in [-0.4, -0.2) is 175 Å². The van der Waals surface area contributed by atoms with Gasteiger partial charge in [0.05, 0.1) is 22.1 Å². The van der Waals surface area contributed by atoms with Crippen molar-refractivity contribution >= 4 is 90.1 Å². The fraction of sp³-hybridized carbons (Fsp3) is 0.250. The zero-order valence-corrected chi connectivity index (χ0v) is 75.3. The lowest BCUT2D eigenvalue weighted by Crippen LogP contribution is -2.29. The van der Waals surface area contributed by atoms with Crippen molar-refractivity contribution in [2.24, 2.45) is 0 Å². The predicted molar refractivity (Wildman–Crippen MR) is 529 cm³/mol. The molecule has 9 aromatic heterocycles. The summed E-state index contributed by atoms with van der Waals surface area (Å²) in [6, 6.07) is 71.3. The summed E-state index contributed by atoms with van der Waals surface area (Å²) in [5, 5.41) is 43.8. The van der Waals surface area contributed by atoms with Crippen molar-refractivity contribution in [2.45, 2.75) is 110 Å². The van der Waals surface area contributed by atoms with E-state index < -0.39 is 0 Å². The Labute approximate surface area is 782 Å². The van der Waals surface area contributed by atoms with E-state index in [1.165, 1.54) is 105 Å². The average Bonchev–Trinajstić information content (AvgIpc) is 1.67. The molecule has 4 amide bonds. The average molecular weight is 1800 g/mol. The lowest BCUT2D eigenvalue weighted by molar-refractivity contribution is 0.101. The Balaban J connectivity index is 0.000000116. The highest BCUT2D eigenvalue weighted by Crippen LogP contribution is 2.36. The largest absolute Gasteiger partial charge is 0.486 e. The van der Waals surface area contributed by atoms with Gasteiger partial charge in [0, 0.05) is 149 Å². The Morgan fingerprint density at radius 3 is 1.01 bits per heavy atom. The molecule has 0 radical (unpaired) electrons. The second-order valence-corrected chi connectivity index (χ2v) is 35.1. The number of nitrogens with one attached hydrogen (secondary N) is 8. The zero-order valence-electron chi connectivity index (χ0n) is 75.3. The number of rotatable bonds is 22. The van der Waals surface area contributed by atoms with E-state index in [4.69, 9.17) is 9.47 Å². The first-order valence-electron chi connectivity index (χ1n) is 46.8. The number of para-hydroxylation sites is 1. The molecule has 5 aliphatic rings. The molecule has 5 aliphatic heterocycles. The highest BCUT2D eigenvalue weighted by Gasteiger charge is 2.25. The summed E-state index contributed by atoms with van der Waals surface area (Å²) in [5.41, 5.74) is 22.3. The first-order valence-corrected chi connectivity index (χ1v) is 46.8. The number of piperidine rings is 4. The molecule has 0 unspecified atom stereocenters. The van der Waals surface area contributed by atoms with E-state index in [1.807, 2.05) is 189 Å². The predicted octanol–water partition coefficient (Wildman–Crippen LogP) is 20.2. The molecule has 14 heterocycles. The molecule has 0 bridgehead atoms. The van der Waals surface area contributed by atoms with Crippen LogP contribution in [0.2, 0.25) is 0 Å². The summed E-state index contributed by atoms with van der Waals surface area (Å²) in [5.74, 6) is 0.754. The molecule has 680 valence electrons. The molecule has 0 spiro atoms. The molecule has 0 aliphatic carbocycles. The van der Waals surface area contributed by atoms with Gasteiger partial charge in [-0.3, -0.25) is 79.1 Å². The molecule has 4 saturated heterocycles. The van der Waals surface area contributed by atoms with Crippen molar-refractivity contribution in [1.82, 2.24) is 85.3 Å². The van der Waals surface area contributed by atoms with Crippen LogP contribution in [0.4, 0.5) is 22.9 Å². The number of aromatic nitrogens is 13. The van der Waals surface area contributed by atoms with Gasteiger partial charge in [0.2, 0.25) is 0 Å². The van der Waals surface area contributed by atoms with Gasteiger partial charge in [-0.05, 0) is 287 Å². The van der Waals surface area contributed by atoms with E-state index in [0.29, 0.717) is 59.0 Å². The van der Waals surface area contributed by atoms with Crippen molar-refractivity contribution in [2.75, 3.05) is 86.8 Å². The number of likely N-dealkylation sites (tertiary alicyclic amines) is 4. The standard InChI is InChI=1S/C32H31N5O.C27H27N5O3.C25H25N5O.C24H24N6O/c38-32(34-28-11-7-10-24(18-28)16-23-8-3-1-4-9-23)31-29-19-26(12-13-30(29)35-36-31)27-17-25(20-33-21-27)22-37-14-5-2-6-15-37;33-27(29-21-5-7-24-25(14-21)35-11-10-34-24)26-22-13-19(4-6-23(22)30-31-26)20-12-18(15-28-16-20)17-32-8-2-1-3-9-32;31-25(27-21-7-3-1-4-8-21)24-22-14-19(9-10-23(22)28-29-24)20-13-18(15-26-16-20)17-30-11-5-2-6-12-30;31-24(27-22-6-2-3-9-26-22)23-20-13-18(7-8-21(20)28-29-23)19-12-17(14-25-15-19)16-30-10-4-1-5-11-30/h1,3-4,7-13,17-21H,2,5-6,14-16,22H2,(H,34,38)(H,35,36);4-7,12-16H,1-3,8-11,17H2,(H,29,33)(H,30,31);1,3-4,7-10,13-16H,2,5-6,11-12,17H2,(H,27,31)(H,28,29);2-3,6-9,12-15H,1,4-5,10-11,16H2,(H,28,29)(H,26,27,31). The molecule has 22 rings (SSSR count). The molecule has 135 heavy (non-hydrogen) atoms. The maximum Gasteiger partial charge on any atom is 0.277 e. The fourth-order valence-corrected chi connectivity index (χ4v) is 18.3. The molecule has 4 fully saturated rings. The van der Waals surface area contributed by atoms with Crippen molar-refractivity contribution < 1.29 is 28.7 Å². The van der Waals surface area contributed by atoms with Crippen LogP contribution in [0.25, 0.3) is 88.1 Å². The van der Waals surface area contributed by atoms with Gasteiger partial charge in [0.25, 0.3) is 23.6 Å². The third-order valence-electron chi connectivity index (χ3n) is 25.2. The van der Waals surface area contributed by atoms with Crippen LogP contribution in [-0.2, 0) is 32.6 Å². The van der Waals surface area contributed by atoms with Crippen LogP contribution >= 0.6 is 0 Å².